The fourth-order valence-electron chi connectivity index (χ4n) is 2.19. The van der Waals surface area contributed by atoms with Crippen LogP contribution in [0.1, 0.15) is 23.0 Å². The number of benzene rings is 1. The van der Waals surface area contributed by atoms with Gasteiger partial charge in [-0.1, -0.05) is 19.1 Å². The van der Waals surface area contributed by atoms with Crippen molar-refractivity contribution in [3.63, 3.8) is 0 Å². The first kappa shape index (κ1) is 11.6. The lowest BCUT2D eigenvalue weighted by Crippen LogP contribution is -2.36. The van der Waals surface area contributed by atoms with Crippen molar-refractivity contribution >= 4 is 16.9 Å². The lowest BCUT2D eigenvalue weighted by atomic mass is 10.1. The van der Waals surface area contributed by atoms with E-state index in [1.165, 1.54) is 7.11 Å². The quantitative estimate of drug-likeness (QED) is 0.583. The first-order valence-corrected chi connectivity index (χ1v) is 5.68. The van der Waals surface area contributed by atoms with Crippen LogP contribution in [0.25, 0.3) is 10.9 Å². The molecule has 2 aromatic rings. The number of esters is 1. The molecule has 0 amide bonds. The zero-order valence-electron chi connectivity index (χ0n) is 10.4. The van der Waals surface area contributed by atoms with Crippen LogP contribution in [0, 0.1) is 0 Å². The number of aromatic nitrogens is 1. The summed E-state index contributed by atoms with van der Waals surface area (Å²) in [5.74, 6) is -0.275. The Morgan fingerprint density at radius 3 is 2.71 bits per heavy atom. The van der Waals surface area contributed by atoms with Gasteiger partial charge in [0.05, 0.1) is 7.11 Å². The zero-order chi connectivity index (χ0) is 12.4. The Morgan fingerprint density at radius 1 is 1.35 bits per heavy atom. The van der Waals surface area contributed by atoms with E-state index in [-0.39, 0.29) is 5.97 Å². The van der Waals surface area contributed by atoms with Gasteiger partial charge in [0.2, 0.25) is 5.52 Å². The van der Waals surface area contributed by atoms with Crippen LogP contribution in [0.15, 0.2) is 30.3 Å². The van der Waals surface area contributed by atoms with Crippen molar-refractivity contribution < 1.29 is 14.1 Å². The number of carbonyl (C=O) groups is 1. The molecule has 88 valence electrons. The number of carbonyl (C=O) groups excluding carboxylic acids is 1. The Hall–Kier alpha value is -1.90. The van der Waals surface area contributed by atoms with E-state index in [0.29, 0.717) is 5.56 Å². The molecule has 0 saturated carbocycles. The minimum absolute atomic E-state index is 0.275. The van der Waals surface area contributed by atoms with Crippen LogP contribution < -0.4 is 4.57 Å². The summed E-state index contributed by atoms with van der Waals surface area (Å²) >= 11 is 0. The minimum atomic E-state index is -0.275. The number of rotatable bonds is 2. The molecule has 2 rings (SSSR count). The van der Waals surface area contributed by atoms with Crippen molar-refractivity contribution in [1.82, 2.24) is 0 Å². The third-order valence-electron chi connectivity index (χ3n) is 3.05. The standard InChI is InChI=1S/C14H16NO2/c1-4-12-11(14(16)17-3)9-10-7-5-6-8-13(10)15(12)2/h5-9H,4H2,1-3H3/q+1. The normalized spacial score (nSPS) is 10.5. The van der Waals surface area contributed by atoms with Gasteiger partial charge < -0.3 is 4.74 Å². The Labute approximate surface area is 101 Å². The van der Waals surface area contributed by atoms with Crippen molar-refractivity contribution in [2.75, 3.05) is 7.11 Å². The monoisotopic (exact) mass is 230 g/mol. The summed E-state index contributed by atoms with van der Waals surface area (Å²) in [6.07, 6.45) is 0.797. The highest BCUT2D eigenvalue weighted by atomic mass is 16.5. The second-order valence-electron chi connectivity index (χ2n) is 3.97. The van der Waals surface area contributed by atoms with Crippen LogP contribution in [0.2, 0.25) is 0 Å². The fourth-order valence-corrected chi connectivity index (χ4v) is 2.19. The summed E-state index contributed by atoms with van der Waals surface area (Å²) in [5, 5.41) is 1.05. The molecule has 0 aliphatic rings. The lowest BCUT2D eigenvalue weighted by Gasteiger charge is -2.06. The molecule has 1 aromatic carbocycles. The number of pyridine rings is 1. The maximum atomic E-state index is 11.8. The number of para-hydroxylation sites is 1. The van der Waals surface area contributed by atoms with Crippen LogP contribution in [0.4, 0.5) is 0 Å². The average molecular weight is 230 g/mol. The van der Waals surface area contributed by atoms with Gasteiger partial charge in [-0.05, 0) is 12.1 Å². The Kier molecular flexibility index (Phi) is 3.09. The minimum Gasteiger partial charge on any atom is -0.465 e. The second-order valence-corrected chi connectivity index (χ2v) is 3.97. The van der Waals surface area contributed by atoms with Gasteiger partial charge in [-0.15, -0.1) is 0 Å². The van der Waals surface area contributed by atoms with Crippen LogP contribution in [0.3, 0.4) is 0 Å². The molecule has 3 heteroatoms. The molecular formula is C14H16NO2+. The van der Waals surface area contributed by atoms with Gasteiger partial charge in [0.1, 0.15) is 12.6 Å². The number of ether oxygens (including phenoxy) is 1. The van der Waals surface area contributed by atoms with Gasteiger partial charge in [-0.2, -0.15) is 4.57 Å². The first-order chi connectivity index (χ1) is 8.19. The highest BCUT2D eigenvalue weighted by Crippen LogP contribution is 2.16. The van der Waals surface area contributed by atoms with E-state index < -0.39 is 0 Å². The summed E-state index contributed by atoms with van der Waals surface area (Å²) in [5.41, 5.74) is 2.77. The molecule has 17 heavy (non-hydrogen) atoms. The number of methoxy groups -OCH3 is 1. The predicted molar refractivity (Wildman–Crippen MR) is 65.8 cm³/mol. The molecular weight excluding hydrogens is 214 g/mol. The molecule has 3 nitrogen and oxygen atoms in total. The highest BCUT2D eigenvalue weighted by Gasteiger charge is 2.21. The molecule has 1 heterocycles. The van der Waals surface area contributed by atoms with Gasteiger partial charge in [0, 0.05) is 17.9 Å². The molecule has 0 fully saturated rings. The third kappa shape index (κ3) is 1.88. The number of aryl methyl sites for hydroxylation is 1. The molecule has 0 bridgehead atoms. The van der Waals surface area contributed by atoms with E-state index in [1.807, 2.05) is 38.2 Å². The van der Waals surface area contributed by atoms with E-state index in [2.05, 4.69) is 10.6 Å². The molecule has 0 N–H and O–H groups in total. The summed E-state index contributed by atoms with van der Waals surface area (Å²) < 4.78 is 6.89. The predicted octanol–water partition coefficient (Wildman–Crippen LogP) is 2.01. The number of nitrogens with zero attached hydrogens (tertiary/aromatic N) is 1. The summed E-state index contributed by atoms with van der Waals surface area (Å²) in [6.45, 7) is 2.04. The molecule has 0 atom stereocenters. The summed E-state index contributed by atoms with van der Waals surface area (Å²) in [6, 6.07) is 9.92. The Bertz CT molecular complexity index is 576. The number of hydrogen-bond donors (Lipinski definition) is 0. The fraction of sp³-hybridized carbons (Fsp3) is 0.286. The molecule has 0 unspecified atom stereocenters. The maximum absolute atomic E-state index is 11.8. The number of fused-ring (bicyclic) bond motifs is 1. The zero-order valence-corrected chi connectivity index (χ0v) is 10.4. The van der Waals surface area contributed by atoms with Crippen molar-refractivity contribution in [1.29, 1.82) is 0 Å². The van der Waals surface area contributed by atoms with Crippen molar-refractivity contribution in [2.45, 2.75) is 13.3 Å². The summed E-state index contributed by atoms with van der Waals surface area (Å²) in [7, 11) is 3.39. The largest absolute Gasteiger partial charge is 0.465 e. The molecule has 0 aliphatic carbocycles. The van der Waals surface area contributed by atoms with Crippen molar-refractivity contribution in [3.05, 3.63) is 41.6 Å². The van der Waals surface area contributed by atoms with Gasteiger partial charge in [0.15, 0.2) is 5.69 Å². The molecule has 0 aliphatic heterocycles. The van der Waals surface area contributed by atoms with Gasteiger partial charge in [-0.3, -0.25) is 0 Å². The lowest BCUT2D eigenvalue weighted by molar-refractivity contribution is -0.652. The highest BCUT2D eigenvalue weighted by molar-refractivity contribution is 5.93. The second kappa shape index (κ2) is 4.53. The van der Waals surface area contributed by atoms with Crippen molar-refractivity contribution in [3.8, 4) is 0 Å². The number of hydrogen-bond acceptors (Lipinski definition) is 2. The van der Waals surface area contributed by atoms with Gasteiger partial charge in [0.25, 0.3) is 0 Å². The van der Waals surface area contributed by atoms with E-state index >= 15 is 0 Å². The smallest absolute Gasteiger partial charge is 0.344 e. The summed E-state index contributed by atoms with van der Waals surface area (Å²) in [4.78, 5) is 11.8. The Morgan fingerprint density at radius 2 is 2.06 bits per heavy atom. The molecule has 0 saturated heterocycles. The average Bonchev–Trinajstić information content (AvgIpc) is 2.37. The molecule has 0 radical (unpaired) electrons. The SMILES string of the molecule is CCc1c(C(=O)OC)cc2ccccc2[n+]1C. The maximum Gasteiger partial charge on any atom is 0.344 e. The van der Waals surface area contributed by atoms with Gasteiger partial charge in [-0.25, -0.2) is 4.79 Å². The van der Waals surface area contributed by atoms with E-state index in [0.717, 1.165) is 23.0 Å². The van der Waals surface area contributed by atoms with Crippen LogP contribution >= 0.6 is 0 Å². The van der Waals surface area contributed by atoms with Crippen LogP contribution in [-0.4, -0.2) is 13.1 Å². The van der Waals surface area contributed by atoms with E-state index in [4.69, 9.17) is 4.74 Å². The van der Waals surface area contributed by atoms with Crippen LogP contribution in [0.5, 0.6) is 0 Å². The first-order valence-electron chi connectivity index (χ1n) is 5.68. The topological polar surface area (TPSA) is 30.2 Å². The van der Waals surface area contributed by atoms with Crippen molar-refractivity contribution in [2.24, 2.45) is 7.05 Å². The Balaban J connectivity index is 2.79. The molecule has 0 spiro atoms. The van der Waals surface area contributed by atoms with Gasteiger partial charge >= 0.3 is 5.97 Å². The van der Waals surface area contributed by atoms with E-state index in [9.17, 15) is 4.79 Å². The van der Waals surface area contributed by atoms with Crippen LogP contribution in [-0.2, 0) is 18.2 Å². The molecule has 1 aromatic heterocycles. The third-order valence-corrected chi connectivity index (χ3v) is 3.05. The van der Waals surface area contributed by atoms with E-state index in [1.54, 1.807) is 0 Å².